The standard InChI is InChI=1S/C90H130N4O19/c1-21-86(17,78(99)107-51-70-47-103-70)43-58(5)62-29-25-33-66(39-62)82(9,10)74(95)91-38-37-90(55-111-92-75(96)83(11,12)67-34-26-30-63(40-67)59(6)44-87(18,22-2)79(100)108-52-71-48-104-71,56-112-93-76(97)84(13,14)68-35-27-31-64(41-68)60(7)45-88(19,23-3)80(101)109-53-72-49-105-72)57-113-94-77(98)85(15,16)69-36-28-32-65(42-69)61(8)46-89(20,24-4)81(102)110-54-73-50-106-73/h25-36,39-42,58-61,70-73H,21-24,37-38,43-57H2,1-20H3,(H,91,95)(H,92,96)(H,93,97)(H,94,98). The van der Waals surface area contributed by atoms with Gasteiger partial charge in [0, 0.05) is 12.0 Å². The van der Waals surface area contributed by atoms with E-state index in [1.807, 2.05) is 187 Å². The van der Waals surface area contributed by atoms with Gasteiger partial charge >= 0.3 is 23.9 Å². The highest BCUT2D eigenvalue weighted by molar-refractivity contribution is 5.89. The number of amides is 4. The molecular weight excluding hydrogens is 1440 g/mol. The van der Waals surface area contributed by atoms with Crippen molar-refractivity contribution in [3.8, 4) is 0 Å². The molecule has 0 spiro atoms. The number of carbonyl (C=O) groups excluding carboxylic acids is 8. The maximum atomic E-state index is 14.9. The van der Waals surface area contributed by atoms with Crippen molar-refractivity contribution >= 4 is 47.5 Å². The zero-order chi connectivity index (χ0) is 83.1. The van der Waals surface area contributed by atoms with E-state index in [9.17, 15) is 38.4 Å². The van der Waals surface area contributed by atoms with Crippen molar-refractivity contribution in [1.29, 1.82) is 0 Å². The molecule has 0 radical (unpaired) electrons. The molecule has 0 aliphatic carbocycles. The molecule has 12 atom stereocenters. The van der Waals surface area contributed by atoms with Gasteiger partial charge in [-0.05, 0) is 209 Å². The maximum absolute atomic E-state index is 14.9. The molecule has 4 fully saturated rings. The number of benzene rings is 4. The number of epoxide rings is 4. The van der Waals surface area contributed by atoms with Crippen molar-refractivity contribution < 1.29 is 90.8 Å². The van der Waals surface area contributed by atoms with E-state index in [1.54, 1.807) is 41.5 Å². The number of esters is 4. The first-order chi connectivity index (χ1) is 53.1. The first kappa shape index (κ1) is 90.9. The van der Waals surface area contributed by atoms with Gasteiger partial charge < -0.3 is 43.2 Å². The molecule has 4 saturated heterocycles. The van der Waals surface area contributed by atoms with Crippen LogP contribution in [0.1, 0.15) is 264 Å². The van der Waals surface area contributed by atoms with Crippen LogP contribution in [-0.4, -0.2) is 151 Å². The molecule has 4 aromatic rings. The average molecular weight is 1570 g/mol. The Bertz CT molecular complexity index is 3430. The Morgan fingerprint density at radius 2 is 0.584 bits per heavy atom. The second-order valence-electron chi connectivity index (χ2n) is 36.0. The van der Waals surface area contributed by atoms with E-state index in [1.165, 1.54) is 0 Å². The van der Waals surface area contributed by atoms with Crippen LogP contribution in [0.3, 0.4) is 0 Å². The van der Waals surface area contributed by atoms with E-state index < -0.39 is 66.5 Å². The number of hydrogen-bond acceptors (Lipinski definition) is 19. The molecule has 4 aromatic carbocycles. The molecule has 8 rings (SSSR count). The summed E-state index contributed by atoms with van der Waals surface area (Å²) in [6.45, 7) is 40.1. The Hall–Kier alpha value is -7.64. The van der Waals surface area contributed by atoms with E-state index in [4.69, 9.17) is 52.4 Å². The second-order valence-corrected chi connectivity index (χ2v) is 36.0. The molecule has 0 aromatic heterocycles. The summed E-state index contributed by atoms with van der Waals surface area (Å²) in [6, 6.07) is 30.9. The molecule has 4 aliphatic rings. The number of ether oxygens (including phenoxy) is 8. The molecule has 0 bridgehead atoms. The van der Waals surface area contributed by atoms with E-state index >= 15 is 0 Å². The lowest BCUT2D eigenvalue weighted by Gasteiger charge is -2.35. The number of carbonyl (C=O) groups is 8. The Morgan fingerprint density at radius 1 is 0.363 bits per heavy atom. The maximum Gasteiger partial charge on any atom is 0.311 e. The van der Waals surface area contributed by atoms with Crippen LogP contribution in [0.2, 0.25) is 0 Å². The van der Waals surface area contributed by atoms with Crippen LogP contribution in [0.5, 0.6) is 0 Å². The van der Waals surface area contributed by atoms with Crippen molar-refractivity contribution in [3.05, 3.63) is 142 Å². The predicted octanol–water partition coefficient (Wildman–Crippen LogP) is 13.9. The number of hydrogen-bond donors (Lipinski definition) is 4. The van der Waals surface area contributed by atoms with Gasteiger partial charge in [0.1, 0.15) is 50.8 Å². The van der Waals surface area contributed by atoms with Crippen molar-refractivity contribution in [1.82, 2.24) is 21.8 Å². The second kappa shape index (κ2) is 38.4. The van der Waals surface area contributed by atoms with Gasteiger partial charge in [0.2, 0.25) is 5.91 Å². The van der Waals surface area contributed by atoms with Gasteiger partial charge in [-0.25, -0.2) is 16.4 Å². The summed E-state index contributed by atoms with van der Waals surface area (Å²) >= 11 is 0. The summed E-state index contributed by atoms with van der Waals surface area (Å²) in [5.41, 5.74) is 5.33. The molecule has 113 heavy (non-hydrogen) atoms. The molecule has 4 amide bonds. The van der Waals surface area contributed by atoms with Crippen LogP contribution >= 0.6 is 0 Å². The van der Waals surface area contributed by atoms with Crippen molar-refractivity contribution in [2.45, 2.75) is 266 Å². The third-order valence-electron chi connectivity index (χ3n) is 24.9. The molecule has 23 heteroatoms. The Kier molecular flexibility index (Phi) is 30.9. The third kappa shape index (κ3) is 24.2. The molecule has 12 unspecified atom stereocenters. The Balaban J connectivity index is 1.07. The molecule has 624 valence electrons. The van der Waals surface area contributed by atoms with Crippen LogP contribution in [0.4, 0.5) is 0 Å². The highest BCUT2D eigenvalue weighted by Crippen LogP contribution is 2.43. The van der Waals surface area contributed by atoms with Crippen LogP contribution in [0, 0.1) is 27.1 Å². The topological polar surface area (TPSA) is 299 Å². The highest BCUT2D eigenvalue weighted by atomic mass is 16.7. The molecule has 4 aliphatic heterocycles. The van der Waals surface area contributed by atoms with Gasteiger partial charge in [0.25, 0.3) is 17.7 Å². The van der Waals surface area contributed by atoms with Gasteiger partial charge in [-0.1, -0.05) is 152 Å². The first-order valence-electron chi connectivity index (χ1n) is 40.8. The zero-order valence-corrected chi connectivity index (χ0v) is 71.0. The van der Waals surface area contributed by atoms with Gasteiger partial charge in [0.15, 0.2) is 0 Å². The third-order valence-corrected chi connectivity index (χ3v) is 24.9. The largest absolute Gasteiger partial charge is 0.462 e. The predicted molar refractivity (Wildman–Crippen MR) is 429 cm³/mol. The fraction of sp³-hybridized carbons (Fsp3) is 0.644. The fourth-order valence-electron chi connectivity index (χ4n) is 14.3. The summed E-state index contributed by atoms with van der Waals surface area (Å²) in [5.74, 6) is -3.44. The number of nitrogens with one attached hydrogen (secondary N) is 4. The lowest BCUT2D eigenvalue weighted by molar-refractivity contribution is -0.163. The minimum absolute atomic E-state index is 0.0117. The van der Waals surface area contributed by atoms with Crippen LogP contribution in [0.25, 0.3) is 0 Å². The minimum atomic E-state index is -1.42. The quantitative estimate of drug-likeness (QED) is 0.0138. The van der Waals surface area contributed by atoms with Gasteiger partial charge in [-0.3, -0.25) is 52.9 Å². The summed E-state index contributed by atoms with van der Waals surface area (Å²) in [4.78, 5) is 133. The van der Waals surface area contributed by atoms with Crippen LogP contribution < -0.4 is 21.8 Å². The van der Waals surface area contributed by atoms with E-state index in [2.05, 4.69) is 28.7 Å². The summed E-state index contributed by atoms with van der Waals surface area (Å²) < 4.78 is 44.0. The van der Waals surface area contributed by atoms with Gasteiger partial charge in [0.05, 0.1) is 89.6 Å². The average Bonchev–Trinajstić information content (AvgIpc) is 1.65. The highest BCUT2D eigenvalue weighted by Gasteiger charge is 2.45. The lowest BCUT2D eigenvalue weighted by atomic mass is 9.76. The zero-order valence-electron chi connectivity index (χ0n) is 71.0. The van der Waals surface area contributed by atoms with Crippen LogP contribution in [0.15, 0.2) is 97.1 Å². The summed E-state index contributed by atoms with van der Waals surface area (Å²) in [6.07, 6.45) is 3.94. The fourth-order valence-corrected chi connectivity index (χ4v) is 14.3. The smallest absolute Gasteiger partial charge is 0.311 e. The molecule has 4 N–H and O–H groups in total. The monoisotopic (exact) mass is 1570 g/mol. The molecular formula is C90H130N4O19. The Labute approximate surface area is 670 Å². The van der Waals surface area contributed by atoms with Crippen molar-refractivity contribution in [2.75, 3.05) is 79.2 Å². The summed E-state index contributed by atoms with van der Waals surface area (Å²) in [7, 11) is 0. The molecule has 0 saturated carbocycles. The van der Waals surface area contributed by atoms with Gasteiger partial charge in [-0.15, -0.1) is 0 Å². The van der Waals surface area contributed by atoms with Crippen LogP contribution in [-0.2, 0) is 112 Å². The first-order valence-corrected chi connectivity index (χ1v) is 40.8. The van der Waals surface area contributed by atoms with E-state index in [0.29, 0.717) is 94.5 Å². The SMILES string of the molecule is CCC(C)(CC(C)c1cccc(C(C)(C)C(=O)NCCC(CONC(=O)C(C)(C)c2cccc(C(C)CC(C)(CC)C(=O)OCC3CO3)c2)(CONC(=O)C(C)(C)c2cccc(C(C)CC(C)(CC)C(=O)OCC3CO3)c2)CONC(=O)C(C)(C)c2cccc(C(C)CC(C)(CC)C(=O)OCC3CO3)c2)c1)C(=O)OCC1CO1. The lowest BCUT2D eigenvalue weighted by Crippen LogP contribution is -2.50. The summed E-state index contributed by atoms with van der Waals surface area (Å²) in [5, 5.41) is 3.17. The molecule has 23 nitrogen and oxygen atoms in total. The van der Waals surface area contributed by atoms with Gasteiger partial charge in [-0.2, -0.15) is 0 Å². The minimum Gasteiger partial charge on any atom is -0.462 e. The number of rotatable bonds is 48. The van der Waals surface area contributed by atoms with E-state index in [0.717, 1.165) is 27.8 Å². The molecule has 4 heterocycles. The Morgan fingerprint density at radius 3 is 0.796 bits per heavy atom. The van der Waals surface area contributed by atoms with Crippen molar-refractivity contribution in [2.24, 2.45) is 27.1 Å². The van der Waals surface area contributed by atoms with E-state index in [-0.39, 0.29) is 137 Å². The number of hydroxylamine groups is 3. The van der Waals surface area contributed by atoms with Crippen molar-refractivity contribution in [3.63, 3.8) is 0 Å². The normalized spacial score (nSPS) is 20.4.